The van der Waals surface area contributed by atoms with E-state index in [0.717, 1.165) is 25.1 Å². The fourth-order valence-electron chi connectivity index (χ4n) is 2.98. The summed E-state index contributed by atoms with van der Waals surface area (Å²) >= 11 is 0. The Balaban J connectivity index is 1.40. The van der Waals surface area contributed by atoms with Gasteiger partial charge in [-0.05, 0) is 55.5 Å². The van der Waals surface area contributed by atoms with Gasteiger partial charge >= 0.3 is 0 Å². The molecule has 0 fully saturated rings. The Kier molecular flexibility index (Phi) is 7.06. The van der Waals surface area contributed by atoms with E-state index in [-0.39, 0.29) is 0 Å². The van der Waals surface area contributed by atoms with Crippen molar-refractivity contribution in [2.75, 3.05) is 0 Å². The quantitative estimate of drug-likeness (QED) is 0.530. The molecule has 3 aromatic rings. The molecule has 0 aliphatic heterocycles. The highest BCUT2D eigenvalue weighted by Crippen LogP contribution is 2.15. The third kappa shape index (κ3) is 6.58. The van der Waals surface area contributed by atoms with Crippen molar-refractivity contribution in [3.8, 4) is 5.75 Å². The summed E-state index contributed by atoms with van der Waals surface area (Å²) in [4.78, 5) is 0. The number of hydrogen-bond acceptors (Lipinski definition) is 2. The lowest BCUT2D eigenvalue weighted by Gasteiger charge is -2.14. The molecular formula is C25H29NO. The van der Waals surface area contributed by atoms with Crippen LogP contribution in [0.5, 0.6) is 5.75 Å². The van der Waals surface area contributed by atoms with E-state index in [2.05, 4.69) is 98.0 Å². The molecule has 0 aromatic heterocycles. The molecule has 0 heterocycles. The van der Waals surface area contributed by atoms with Gasteiger partial charge in [0, 0.05) is 12.6 Å². The van der Waals surface area contributed by atoms with E-state index >= 15 is 0 Å². The van der Waals surface area contributed by atoms with Crippen LogP contribution in [0.2, 0.25) is 0 Å². The van der Waals surface area contributed by atoms with Gasteiger partial charge in [-0.3, -0.25) is 0 Å². The monoisotopic (exact) mass is 359 g/mol. The molecule has 0 bridgehead atoms. The maximum atomic E-state index is 5.88. The van der Waals surface area contributed by atoms with Crippen LogP contribution in [-0.2, 0) is 19.6 Å². The highest BCUT2D eigenvalue weighted by molar-refractivity contribution is 5.28. The van der Waals surface area contributed by atoms with Gasteiger partial charge in [-0.1, -0.05) is 72.3 Å². The van der Waals surface area contributed by atoms with E-state index in [9.17, 15) is 0 Å². The van der Waals surface area contributed by atoms with Crippen molar-refractivity contribution in [1.82, 2.24) is 5.32 Å². The zero-order valence-electron chi connectivity index (χ0n) is 16.3. The molecule has 3 rings (SSSR count). The highest BCUT2D eigenvalue weighted by atomic mass is 16.5. The second-order valence-electron chi connectivity index (χ2n) is 7.22. The van der Waals surface area contributed by atoms with E-state index in [0.29, 0.717) is 12.6 Å². The summed E-state index contributed by atoms with van der Waals surface area (Å²) in [6.45, 7) is 5.84. The van der Waals surface area contributed by atoms with Crippen LogP contribution in [0.4, 0.5) is 0 Å². The van der Waals surface area contributed by atoms with Crippen LogP contribution in [0.1, 0.15) is 35.6 Å². The molecule has 2 nitrogen and oxygen atoms in total. The second-order valence-corrected chi connectivity index (χ2v) is 7.22. The molecule has 0 saturated carbocycles. The maximum absolute atomic E-state index is 5.88. The Morgan fingerprint density at radius 3 is 2.15 bits per heavy atom. The third-order valence-corrected chi connectivity index (χ3v) is 4.81. The van der Waals surface area contributed by atoms with Gasteiger partial charge in [0.25, 0.3) is 0 Å². The van der Waals surface area contributed by atoms with E-state index in [1.54, 1.807) is 0 Å². The highest BCUT2D eigenvalue weighted by Gasteiger charge is 2.03. The van der Waals surface area contributed by atoms with Gasteiger partial charge in [0.1, 0.15) is 12.4 Å². The van der Waals surface area contributed by atoms with Gasteiger partial charge in [-0.2, -0.15) is 0 Å². The summed E-state index contributed by atoms with van der Waals surface area (Å²) in [7, 11) is 0. The van der Waals surface area contributed by atoms with Gasteiger partial charge in [-0.25, -0.2) is 0 Å². The Hall–Kier alpha value is -2.58. The SMILES string of the molecule is Cc1ccc(COc2ccc(CN[C@@H](C)CCc3ccccc3)cc2)cc1. The number of benzene rings is 3. The molecule has 0 aliphatic carbocycles. The first-order valence-corrected chi connectivity index (χ1v) is 9.73. The molecule has 0 unspecified atom stereocenters. The Morgan fingerprint density at radius 2 is 1.44 bits per heavy atom. The molecule has 27 heavy (non-hydrogen) atoms. The van der Waals surface area contributed by atoms with Crippen LogP contribution in [0.25, 0.3) is 0 Å². The van der Waals surface area contributed by atoms with Crippen molar-refractivity contribution < 1.29 is 4.74 Å². The number of ether oxygens (including phenoxy) is 1. The molecule has 0 amide bonds. The first-order chi connectivity index (χ1) is 13.2. The lowest BCUT2D eigenvalue weighted by atomic mass is 10.1. The first-order valence-electron chi connectivity index (χ1n) is 9.73. The molecule has 0 radical (unpaired) electrons. The van der Waals surface area contributed by atoms with E-state index in [1.165, 1.54) is 22.3 Å². The van der Waals surface area contributed by atoms with Gasteiger partial charge in [-0.15, -0.1) is 0 Å². The van der Waals surface area contributed by atoms with Crippen molar-refractivity contribution in [3.05, 3.63) is 101 Å². The third-order valence-electron chi connectivity index (χ3n) is 4.81. The molecule has 140 valence electrons. The molecule has 0 saturated heterocycles. The maximum Gasteiger partial charge on any atom is 0.119 e. The molecule has 1 atom stereocenters. The minimum absolute atomic E-state index is 0.489. The van der Waals surface area contributed by atoms with Gasteiger partial charge in [0.15, 0.2) is 0 Å². The van der Waals surface area contributed by atoms with Crippen molar-refractivity contribution in [1.29, 1.82) is 0 Å². The zero-order chi connectivity index (χ0) is 18.9. The van der Waals surface area contributed by atoms with Crippen LogP contribution in [0, 0.1) is 6.92 Å². The van der Waals surface area contributed by atoms with Crippen LogP contribution in [0.15, 0.2) is 78.9 Å². The van der Waals surface area contributed by atoms with Crippen molar-refractivity contribution in [2.24, 2.45) is 0 Å². The second kappa shape index (κ2) is 9.94. The number of aryl methyl sites for hydroxylation is 2. The Morgan fingerprint density at radius 1 is 0.778 bits per heavy atom. The van der Waals surface area contributed by atoms with Crippen molar-refractivity contribution in [2.45, 2.75) is 45.9 Å². The fraction of sp³-hybridized carbons (Fsp3) is 0.280. The Bertz CT molecular complexity index is 794. The lowest BCUT2D eigenvalue weighted by molar-refractivity contribution is 0.306. The van der Waals surface area contributed by atoms with Crippen LogP contribution in [0.3, 0.4) is 0 Å². The number of hydrogen-bond donors (Lipinski definition) is 1. The van der Waals surface area contributed by atoms with Gasteiger partial charge in [0.05, 0.1) is 0 Å². The van der Waals surface area contributed by atoms with Gasteiger partial charge in [0.2, 0.25) is 0 Å². The molecule has 0 spiro atoms. The summed E-state index contributed by atoms with van der Waals surface area (Å²) in [5.74, 6) is 0.913. The molecule has 3 aromatic carbocycles. The standard InChI is InChI=1S/C25H29NO/c1-20-8-11-24(12-9-20)19-27-25-16-14-23(15-17-25)18-26-21(2)10-13-22-6-4-3-5-7-22/h3-9,11-12,14-17,21,26H,10,13,18-19H2,1-2H3/t21-/m0/s1. The van der Waals surface area contributed by atoms with Crippen molar-refractivity contribution >= 4 is 0 Å². The topological polar surface area (TPSA) is 21.3 Å². The fourth-order valence-corrected chi connectivity index (χ4v) is 2.98. The molecule has 0 aliphatic rings. The predicted octanol–water partition coefficient (Wildman–Crippen LogP) is 5.68. The summed E-state index contributed by atoms with van der Waals surface area (Å²) in [5.41, 5.74) is 5.15. The first kappa shape index (κ1) is 19.2. The largest absolute Gasteiger partial charge is 0.489 e. The summed E-state index contributed by atoms with van der Waals surface area (Å²) in [6.07, 6.45) is 2.25. The van der Waals surface area contributed by atoms with E-state index in [1.807, 2.05) is 0 Å². The van der Waals surface area contributed by atoms with Crippen molar-refractivity contribution in [3.63, 3.8) is 0 Å². The summed E-state index contributed by atoms with van der Waals surface area (Å²) < 4.78 is 5.88. The number of rotatable bonds is 9. The van der Waals surface area contributed by atoms with Crippen LogP contribution >= 0.6 is 0 Å². The molecule has 2 heteroatoms. The predicted molar refractivity (Wildman–Crippen MR) is 113 cm³/mol. The minimum Gasteiger partial charge on any atom is -0.489 e. The van der Waals surface area contributed by atoms with Gasteiger partial charge < -0.3 is 10.1 Å². The van der Waals surface area contributed by atoms with Crippen LogP contribution < -0.4 is 10.1 Å². The normalized spacial score (nSPS) is 11.9. The zero-order valence-corrected chi connectivity index (χ0v) is 16.3. The smallest absolute Gasteiger partial charge is 0.119 e. The molecule has 1 N–H and O–H groups in total. The number of nitrogens with one attached hydrogen (secondary N) is 1. The minimum atomic E-state index is 0.489. The van der Waals surface area contributed by atoms with E-state index in [4.69, 9.17) is 4.74 Å². The van der Waals surface area contributed by atoms with Crippen LogP contribution in [-0.4, -0.2) is 6.04 Å². The summed E-state index contributed by atoms with van der Waals surface area (Å²) in [5, 5.41) is 3.61. The molecular weight excluding hydrogens is 330 g/mol. The average Bonchev–Trinajstić information content (AvgIpc) is 2.72. The summed E-state index contributed by atoms with van der Waals surface area (Å²) in [6, 6.07) is 28.0. The van der Waals surface area contributed by atoms with E-state index < -0.39 is 0 Å². The Labute approximate surface area is 163 Å². The lowest BCUT2D eigenvalue weighted by Crippen LogP contribution is -2.25. The average molecular weight is 360 g/mol.